The summed E-state index contributed by atoms with van der Waals surface area (Å²) < 4.78 is 0. The highest BCUT2D eigenvalue weighted by molar-refractivity contribution is 5.62. The molecule has 0 aromatic heterocycles. The predicted octanol–water partition coefficient (Wildman–Crippen LogP) is 2.39. The number of fused-ring (bicyclic) bond motifs is 1. The summed E-state index contributed by atoms with van der Waals surface area (Å²) in [6, 6.07) is 6.80. The standard InChI is InChI=1S/C14H23N3/c1-4-17(5-2)13-7-6-12-11-16(3)9-8-15-14(12)10-13/h6-7,10,15H,4-5,8-9,11H2,1-3H3. The summed E-state index contributed by atoms with van der Waals surface area (Å²) in [5.74, 6) is 0. The molecule has 0 saturated carbocycles. The Kier molecular flexibility index (Phi) is 3.89. The van der Waals surface area contributed by atoms with Gasteiger partial charge >= 0.3 is 0 Å². The van der Waals surface area contributed by atoms with E-state index in [4.69, 9.17) is 0 Å². The summed E-state index contributed by atoms with van der Waals surface area (Å²) >= 11 is 0. The largest absolute Gasteiger partial charge is 0.383 e. The zero-order valence-corrected chi connectivity index (χ0v) is 11.2. The lowest BCUT2D eigenvalue weighted by atomic mass is 10.1. The normalized spacial score (nSPS) is 15.9. The lowest BCUT2D eigenvalue weighted by Crippen LogP contribution is -2.21. The molecule has 0 aliphatic carbocycles. The average molecular weight is 233 g/mol. The second-order valence-electron chi connectivity index (χ2n) is 4.68. The van der Waals surface area contributed by atoms with Gasteiger partial charge in [-0.05, 0) is 38.6 Å². The topological polar surface area (TPSA) is 18.5 Å². The van der Waals surface area contributed by atoms with Crippen LogP contribution in [0.3, 0.4) is 0 Å². The minimum atomic E-state index is 1.03. The van der Waals surface area contributed by atoms with E-state index in [-0.39, 0.29) is 0 Å². The highest BCUT2D eigenvalue weighted by Gasteiger charge is 2.12. The predicted molar refractivity (Wildman–Crippen MR) is 74.8 cm³/mol. The highest BCUT2D eigenvalue weighted by atomic mass is 15.1. The first kappa shape index (κ1) is 12.2. The molecule has 0 fully saturated rings. The molecule has 17 heavy (non-hydrogen) atoms. The highest BCUT2D eigenvalue weighted by Crippen LogP contribution is 2.26. The summed E-state index contributed by atoms with van der Waals surface area (Å²) in [4.78, 5) is 4.74. The van der Waals surface area contributed by atoms with Crippen molar-refractivity contribution in [2.24, 2.45) is 0 Å². The van der Waals surface area contributed by atoms with Gasteiger partial charge in [0.2, 0.25) is 0 Å². The molecule has 2 rings (SSSR count). The SMILES string of the molecule is CCN(CC)c1ccc2c(c1)NCCN(C)C2. The Morgan fingerprint density at radius 2 is 2.06 bits per heavy atom. The van der Waals surface area contributed by atoms with Crippen molar-refractivity contribution in [3.8, 4) is 0 Å². The third-order valence-corrected chi connectivity index (χ3v) is 3.47. The van der Waals surface area contributed by atoms with Gasteiger partial charge in [0.05, 0.1) is 0 Å². The van der Waals surface area contributed by atoms with Gasteiger partial charge in [-0.3, -0.25) is 0 Å². The number of anilines is 2. The van der Waals surface area contributed by atoms with Crippen LogP contribution in [0, 0.1) is 0 Å². The number of likely N-dealkylation sites (N-methyl/N-ethyl adjacent to an activating group) is 1. The number of rotatable bonds is 3. The van der Waals surface area contributed by atoms with E-state index in [1.165, 1.54) is 16.9 Å². The van der Waals surface area contributed by atoms with E-state index < -0.39 is 0 Å². The number of hydrogen-bond donors (Lipinski definition) is 1. The molecule has 1 aromatic carbocycles. The van der Waals surface area contributed by atoms with Crippen molar-refractivity contribution in [1.82, 2.24) is 4.90 Å². The molecule has 1 N–H and O–H groups in total. The zero-order chi connectivity index (χ0) is 12.3. The molecule has 94 valence electrons. The third-order valence-electron chi connectivity index (χ3n) is 3.47. The van der Waals surface area contributed by atoms with Gasteiger partial charge in [0.1, 0.15) is 0 Å². The average Bonchev–Trinajstić information content (AvgIpc) is 2.51. The quantitative estimate of drug-likeness (QED) is 0.865. The van der Waals surface area contributed by atoms with Gasteiger partial charge in [-0.1, -0.05) is 6.07 Å². The lowest BCUT2D eigenvalue weighted by Gasteiger charge is -2.22. The van der Waals surface area contributed by atoms with E-state index in [0.29, 0.717) is 0 Å². The summed E-state index contributed by atoms with van der Waals surface area (Å²) in [7, 11) is 2.18. The number of benzene rings is 1. The molecule has 0 amide bonds. The van der Waals surface area contributed by atoms with Crippen molar-refractivity contribution in [3.63, 3.8) is 0 Å². The first-order chi connectivity index (χ1) is 8.24. The molecule has 3 nitrogen and oxygen atoms in total. The molecule has 1 aliphatic rings. The Morgan fingerprint density at radius 1 is 1.29 bits per heavy atom. The fraction of sp³-hybridized carbons (Fsp3) is 0.571. The number of nitrogens with zero attached hydrogens (tertiary/aromatic N) is 2. The Morgan fingerprint density at radius 3 is 2.76 bits per heavy atom. The molecule has 0 saturated heterocycles. The van der Waals surface area contributed by atoms with Gasteiger partial charge in [0.15, 0.2) is 0 Å². The van der Waals surface area contributed by atoms with Crippen molar-refractivity contribution in [2.75, 3.05) is 43.4 Å². The molecule has 1 aromatic rings. The van der Waals surface area contributed by atoms with Crippen LogP contribution >= 0.6 is 0 Å². The van der Waals surface area contributed by atoms with Crippen LogP contribution in [-0.2, 0) is 6.54 Å². The summed E-state index contributed by atoms with van der Waals surface area (Å²) in [5.41, 5.74) is 4.03. The van der Waals surface area contributed by atoms with Crippen molar-refractivity contribution >= 4 is 11.4 Å². The van der Waals surface area contributed by atoms with Crippen LogP contribution in [-0.4, -0.2) is 38.1 Å². The van der Waals surface area contributed by atoms with E-state index in [2.05, 4.69) is 54.2 Å². The van der Waals surface area contributed by atoms with Crippen molar-refractivity contribution < 1.29 is 0 Å². The molecule has 0 atom stereocenters. The maximum absolute atomic E-state index is 3.53. The van der Waals surface area contributed by atoms with Crippen LogP contribution < -0.4 is 10.2 Å². The summed E-state index contributed by atoms with van der Waals surface area (Å²) in [6.07, 6.45) is 0. The van der Waals surface area contributed by atoms with E-state index in [9.17, 15) is 0 Å². The third kappa shape index (κ3) is 2.72. The maximum atomic E-state index is 3.53. The molecule has 0 unspecified atom stereocenters. The minimum Gasteiger partial charge on any atom is -0.383 e. The fourth-order valence-electron chi connectivity index (χ4n) is 2.40. The number of nitrogens with one attached hydrogen (secondary N) is 1. The van der Waals surface area contributed by atoms with Crippen molar-refractivity contribution in [2.45, 2.75) is 20.4 Å². The van der Waals surface area contributed by atoms with Crippen LogP contribution in [0.5, 0.6) is 0 Å². The van der Waals surface area contributed by atoms with Gasteiger partial charge in [-0.2, -0.15) is 0 Å². The summed E-state index contributed by atoms with van der Waals surface area (Å²) in [6.45, 7) is 9.72. The lowest BCUT2D eigenvalue weighted by molar-refractivity contribution is 0.346. The Labute approximate surface area is 104 Å². The number of hydrogen-bond acceptors (Lipinski definition) is 3. The summed E-state index contributed by atoms with van der Waals surface area (Å²) in [5, 5.41) is 3.53. The zero-order valence-electron chi connectivity index (χ0n) is 11.2. The second-order valence-corrected chi connectivity index (χ2v) is 4.68. The Balaban J connectivity index is 2.27. The second kappa shape index (κ2) is 5.41. The molecule has 0 radical (unpaired) electrons. The smallest absolute Gasteiger partial charge is 0.0407 e. The molecule has 0 spiro atoms. The monoisotopic (exact) mass is 233 g/mol. The molecule has 3 heteroatoms. The van der Waals surface area contributed by atoms with E-state index in [1.54, 1.807) is 0 Å². The van der Waals surface area contributed by atoms with Gasteiger partial charge < -0.3 is 15.1 Å². The Hall–Kier alpha value is -1.22. The minimum absolute atomic E-state index is 1.03. The van der Waals surface area contributed by atoms with Crippen molar-refractivity contribution in [1.29, 1.82) is 0 Å². The van der Waals surface area contributed by atoms with E-state index in [0.717, 1.165) is 32.7 Å². The van der Waals surface area contributed by atoms with Gasteiger partial charge in [0.25, 0.3) is 0 Å². The van der Waals surface area contributed by atoms with Crippen LogP contribution in [0.2, 0.25) is 0 Å². The first-order valence-electron chi connectivity index (χ1n) is 6.55. The fourth-order valence-corrected chi connectivity index (χ4v) is 2.40. The van der Waals surface area contributed by atoms with Gasteiger partial charge in [-0.15, -0.1) is 0 Å². The maximum Gasteiger partial charge on any atom is 0.0407 e. The van der Waals surface area contributed by atoms with Crippen LogP contribution in [0.15, 0.2) is 18.2 Å². The van der Waals surface area contributed by atoms with E-state index >= 15 is 0 Å². The van der Waals surface area contributed by atoms with Crippen LogP contribution in [0.4, 0.5) is 11.4 Å². The van der Waals surface area contributed by atoms with Gasteiger partial charge in [0, 0.05) is 44.1 Å². The Bertz CT molecular complexity index is 372. The van der Waals surface area contributed by atoms with Crippen molar-refractivity contribution in [3.05, 3.63) is 23.8 Å². The molecule has 1 aliphatic heterocycles. The molecular weight excluding hydrogens is 210 g/mol. The first-order valence-corrected chi connectivity index (χ1v) is 6.55. The van der Waals surface area contributed by atoms with Crippen LogP contribution in [0.1, 0.15) is 19.4 Å². The van der Waals surface area contributed by atoms with Gasteiger partial charge in [-0.25, -0.2) is 0 Å². The van der Waals surface area contributed by atoms with Crippen LogP contribution in [0.25, 0.3) is 0 Å². The molecule has 1 heterocycles. The molecule has 0 bridgehead atoms. The molecular formula is C14H23N3. The van der Waals surface area contributed by atoms with E-state index in [1.807, 2.05) is 0 Å².